The summed E-state index contributed by atoms with van der Waals surface area (Å²) in [5.41, 5.74) is 0. The molecule has 6 heteroatoms. The van der Waals surface area contributed by atoms with Gasteiger partial charge in [-0.1, -0.05) is 205 Å². The van der Waals surface area contributed by atoms with E-state index in [1.54, 1.807) is 0 Å². The Morgan fingerprint density at radius 1 is 0.466 bits per heavy atom. The number of esters is 1. The summed E-state index contributed by atoms with van der Waals surface area (Å²) in [6.45, 7) is 4.89. The lowest BCUT2D eigenvalue weighted by Gasteiger charge is -2.22. The Morgan fingerprint density at radius 3 is 1.24 bits per heavy atom. The zero-order chi connectivity index (χ0) is 42.3. The van der Waals surface area contributed by atoms with Gasteiger partial charge >= 0.3 is 5.97 Å². The molecule has 0 aromatic heterocycles. The lowest BCUT2D eigenvalue weighted by atomic mass is 10.0. The minimum absolute atomic E-state index is 0.0208. The van der Waals surface area contributed by atoms with Crippen molar-refractivity contribution >= 4 is 11.9 Å². The molecule has 0 spiro atoms. The number of allylic oxidation sites excluding steroid dienone is 4. The number of aliphatic hydroxyl groups is 2. The number of carbonyl (C=O) groups excluding carboxylic acids is 2. The van der Waals surface area contributed by atoms with Crippen LogP contribution in [0.2, 0.25) is 0 Å². The first kappa shape index (κ1) is 56.3. The van der Waals surface area contributed by atoms with Crippen LogP contribution in [-0.4, -0.2) is 47.4 Å². The first-order valence-electron chi connectivity index (χ1n) is 25.6. The fraction of sp³-hybridized carbons (Fsp3) is 0.885. The van der Waals surface area contributed by atoms with Crippen molar-refractivity contribution in [1.29, 1.82) is 0 Å². The molecule has 6 nitrogen and oxygen atoms in total. The lowest BCUT2D eigenvalue weighted by molar-refractivity contribution is -0.143. The maximum atomic E-state index is 12.4. The molecule has 0 aliphatic heterocycles. The molecule has 3 N–H and O–H groups in total. The van der Waals surface area contributed by atoms with Crippen molar-refractivity contribution in [2.24, 2.45) is 0 Å². The third-order valence-corrected chi connectivity index (χ3v) is 11.7. The second kappa shape index (κ2) is 48.0. The van der Waals surface area contributed by atoms with E-state index < -0.39 is 12.1 Å². The van der Waals surface area contributed by atoms with Crippen LogP contribution in [0.25, 0.3) is 0 Å². The van der Waals surface area contributed by atoms with E-state index in [9.17, 15) is 19.8 Å². The fourth-order valence-corrected chi connectivity index (χ4v) is 7.74. The van der Waals surface area contributed by atoms with Crippen molar-refractivity contribution in [3.63, 3.8) is 0 Å². The van der Waals surface area contributed by atoms with Crippen LogP contribution in [-0.2, 0) is 14.3 Å². The fourth-order valence-electron chi connectivity index (χ4n) is 7.74. The van der Waals surface area contributed by atoms with Crippen LogP contribution in [0.4, 0.5) is 0 Å². The summed E-state index contributed by atoms with van der Waals surface area (Å²) < 4.78 is 5.45. The zero-order valence-corrected chi connectivity index (χ0v) is 38.8. The topological polar surface area (TPSA) is 95.9 Å². The highest BCUT2D eigenvalue weighted by Crippen LogP contribution is 2.16. The van der Waals surface area contributed by atoms with Crippen molar-refractivity contribution in [2.75, 3.05) is 13.2 Å². The minimum Gasteiger partial charge on any atom is -0.466 e. The first-order valence-corrected chi connectivity index (χ1v) is 25.6. The van der Waals surface area contributed by atoms with Gasteiger partial charge in [-0.25, -0.2) is 0 Å². The van der Waals surface area contributed by atoms with Crippen molar-refractivity contribution in [1.82, 2.24) is 5.32 Å². The molecule has 0 heterocycles. The average molecular weight is 818 g/mol. The molecule has 0 aromatic rings. The molecule has 0 aromatic carbocycles. The standard InChI is InChI=1S/C52H99NO5/c1-3-5-7-9-11-13-15-17-18-22-26-30-34-38-42-46-52(57)58-47-43-39-35-31-27-23-19-21-25-29-33-37-41-45-51(56)53-49(48-54)50(55)44-40-36-32-28-24-20-16-14-12-10-8-6-4-2/h17-18,21,25,49-50,54-55H,3-16,19-20,22-24,26-48H2,1-2H3,(H,53,56)/b18-17-,25-21-. The van der Waals surface area contributed by atoms with Gasteiger partial charge in [0.25, 0.3) is 0 Å². The van der Waals surface area contributed by atoms with Crippen molar-refractivity contribution < 1.29 is 24.5 Å². The predicted molar refractivity (Wildman–Crippen MR) is 250 cm³/mol. The van der Waals surface area contributed by atoms with Gasteiger partial charge in [-0.3, -0.25) is 9.59 Å². The highest BCUT2D eigenvalue weighted by Gasteiger charge is 2.20. The Labute approximate surface area is 361 Å². The molecule has 0 aliphatic carbocycles. The summed E-state index contributed by atoms with van der Waals surface area (Å²) in [7, 11) is 0. The number of aliphatic hydroxyl groups excluding tert-OH is 2. The summed E-state index contributed by atoms with van der Waals surface area (Å²) in [5.74, 6) is -0.0864. The molecule has 0 saturated heterocycles. The molecule has 0 aliphatic rings. The maximum absolute atomic E-state index is 12.4. The highest BCUT2D eigenvalue weighted by atomic mass is 16.5. The summed E-state index contributed by atoms with van der Waals surface area (Å²) in [6.07, 6.45) is 55.7. The van der Waals surface area contributed by atoms with Gasteiger partial charge in [-0.05, 0) is 77.0 Å². The van der Waals surface area contributed by atoms with Gasteiger partial charge < -0.3 is 20.3 Å². The van der Waals surface area contributed by atoms with E-state index in [1.165, 1.54) is 167 Å². The molecular weight excluding hydrogens is 719 g/mol. The first-order chi connectivity index (χ1) is 28.5. The van der Waals surface area contributed by atoms with Gasteiger partial charge in [0.05, 0.1) is 25.4 Å². The second-order valence-corrected chi connectivity index (χ2v) is 17.5. The number of amides is 1. The minimum atomic E-state index is -0.680. The van der Waals surface area contributed by atoms with E-state index >= 15 is 0 Å². The van der Waals surface area contributed by atoms with Crippen molar-refractivity contribution in [3.05, 3.63) is 24.3 Å². The normalized spacial score (nSPS) is 12.8. The predicted octanol–water partition coefficient (Wildman–Crippen LogP) is 15.1. The second-order valence-electron chi connectivity index (χ2n) is 17.5. The summed E-state index contributed by atoms with van der Waals surface area (Å²) in [4.78, 5) is 24.4. The third kappa shape index (κ3) is 43.9. The number of ether oxygens (including phenoxy) is 1. The van der Waals surface area contributed by atoms with Crippen molar-refractivity contribution in [2.45, 2.75) is 283 Å². The largest absolute Gasteiger partial charge is 0.466 e. The Kier molecular flexibility index (Phi) is 46.6. The van der Waals surface area contributed by atoms with Crippen LogP contribution < -0.4 is 5.32 Å². The molecule has 342 valence electrons. The highest BCUT2D eigenvalue weighted by molar-refractivity contribution is 5.76. The van der Waals surface area contributed by atoms with E-state index in [-0.39, 0.29) is 18.5 Å². The van der Waals surface area contributed by atoms with Crippen LogP contribution >= 0.6 is 0 Å². The molecule has 0 fully saturated rings. The molecule has 0 saturated carbocycles. The van der Waals surface area contributed by atoms with Crippen molar-refractivity contribution in [3.8, 4) is 0 Å². The Balaban J connectivity index is 3.50. The lowest BCUT2D eigenvalue weighted by Crippen LogP contribution is -2.45. The van der Waals surface area contributed by atoms with Crippen LogP contribution in [0.3, 0.4) is 0 Å². The molecule has 0 rings (SSSR count). The van der Waals surface area contributed by atoms with Gasteiger partial charge in [0.1, 0.15) is 0 Å². The number of carbonyl (C=O) groups is 2. The van der Waals surface area contributed by atoms with E-state index in [2.05, 4.69) is 43.5 Å². The maximum Gasteiger partial charge on any atom is 0.305 e. The summed E-state index contributed by atoms with van der Waals surface area (Å²) in [5, 5.41) is 23.2. The Hall–Kier alpha value is -1.66. The van der Waals surface area contributed by atoms with E-state index in [4.69, 9.17) is 4.74 Å². The van der Waals surface area contributed by atoms with Crippen LogP contribution in [0, 0.1) is 0 Å². The summed E-state index contributed by atoms with van der Waals surface area (Å²) in [6, 6.07) is -0.561. The number of rotatable bonds is 47. The SMILES string of the molecule is CCCCCCCC/C=C\CCCCCCCC(=O)OCCCCCCCC/C=C\CCCCCC(=O)NC(CO)C(O)CCCCCCCCCCCCCCC. The van der Waals surface area contributed by atoms with E-state index in [0.717, 1.165) is 70.6 Å². The molecular formula is C52H99NO5. The van der Waals surface area contributed by atoms with Gasteiger partial charge in [0.15, 0.2) is 0 Å². The zero-order valence-electron chi connectivity index (χ0n) is 38.8. The van der Waals surface area contributed by atoms with Gasteiger partial charge in [0.2, 0.25) is 5.91 Å². The Morgan fingerprint density at radius 2 is 0.810 bits per heavy atom. The molecule has 58 heavy (non-hydrogen) atoms. The van der Waals surface area contributed by atoms with Crippen LogP contribution in [0.15, 0.2) is 24.3 Å². The number of hydrogen-bond acceptors (Lipinski definition) is 5. The van der Waals surface area contributed by atoms with Crippen LogP contribution in [0.1, 0.15) is 271 Å². The quantitative estimate of drug-likeness (QED) is 0.0323. The Bertz CT molecular complexity index is 904. The number of nitrogens with one attached hydrogen (secondary N) is 1. The monoisotopic (exact) mass is 818 g/mol. The molecule has 2 unspecified atom stereocenters. The molecule has 0 bridgehead atoms. The van der Waals surface area contributed by atoms with Crippen LogP contribution in [0.5, 0.6) is 0 Å². The van der Waals surface area contributed by atoms with Gasteiger partial charge in [0, 0.05) is 12.8 Å². The summed E-state index contributed by atoms with van der Waals surface area (Å²) >= 11 is 0. The number of hydrogen-bond donors (Lipinski definition) is 3. The third-order valence-electron chi connectivity index (χ3n) is 11.7. The van der Waals surface area contributed by atoms with E-state index in [1.807, 2.05) is 0 Å². The number of unbranched alkanes of at least 4 members (excludes halogenated alkanes) is 32. The molecule has 2 atom stereocenters. The van der Waals surface area contributed by atoms with E-state index in [0.29, 0.717) is 25.9 Å². The molecule has 0 radical (unpaired) electrons. The molecule has 1 amide bonds. The van der Waals surface area contributed by atoms with Gasteiger partial charge in [-0.2, -0.15) is 0 Å². The van der Waals surface area contributed by atoms with Gasteiger partial charge in [-0.15, -0.1) is 0 Å². The smallest absolute Gasteiger partial charge is 0.305 e. The average Bonchev–Trinajstić information content (AvgIpc) is 3.22.